The Bertz CT molecular complexity index is 1550. The molecule has 3 aromatic heterocycles. The van der Waals surface area contributed by atoms with Crippen molar-refractivity contribution in [1.29, 1.82) is 0 Å². The van der Waals surface area contributed by atoms with Gasteiger partial charge in [-0.2, -0.15) is 19.6 Å². The summed E-state index contributed by atoms with van der Waals surface area (Å²) in [6, 6.07) is 6.94. The summed E-state index contributed by atoms with van der Waals surface area (Å²) in [5.41, 5.74) is -0.285. The van der Waals surface area contributed by atoms with Gasteiger partial charge in [0.2, 0.25) is 11.9 Å². The molecule has 3 N–H and O–H groups in total. The Morgan fingerprint density at radius 2 is 1.71 bits per heavy atom. The van der Waals surface area contributed by atoms with E-state index in [0.29, 0.717) is 46.1 Å². The standard InChI is InChI=1S/C25H27ClN8O2S2/c1-3-27-21-30-22(28-4-2)32-23(31-21)34-25(36,14-9-11-15(26)12-10-14)13-37-24-29-19-18(20(35)33(24)34)16-7-5-6-8-17(16)38-19/h9-12,36H,3-8,13H2,1-2H3,(H2,27,28,30,31,32)/t25-/m0/s1. The van der Waals surface area contributed by atoms with E-state index in [1.807, 2.05) is 13.8 Å². The molecule has 0 saturated carbocycles. The average Bonchev–Trinajstić information content (AvgIpc) is 3.28. The zero-order valence-electron chi connectivity index (χ0n) is 21.0. The fourth-order valence-electron chi connectivity index (χ4n) is 4.95. The number of nitrogens with one attached hydrogen (secondary N) is 2. The number of halogens is 1. The number of benzene rings is 1. The molecule has 198 valence electrons. The van der Waals surface area contributed by atoms with Gasteiger partial charge in [0.05, 0.1) is 11.1 Å². The largest absolute Gasteiger partial charge is 0.365 e. The van der Waals surface area contributed by atoms with Crippen LogP contribution in [0.2, 0.25) is 5.02 Å². The lowest BCUT2D eigenvalue weighted by molar-refractivity contribution is 0.0384. The first kappa shape index (κ1) is 25.4. The molecule has 0 unspecified atom stereocenters. The molecular weight excluding hydrogens is 544 g/mol. The smallest absolute Gasteiger partial charge is 0.282 e. The maximum atomic E-state index is 14.3. The summed E-state index contributed by atoms with van der Waals surface area (Å²) in [6.07, 6.45) is 3.96. The SMILES string of the molecule is CCNc1nc(NCC)nc(N2n3c(nc4sc5c(c4c3=O)CCCC5)SC[C@]2(O)c2ccc(Cl)cc2)n1. The van der Waals surface area contributed by atoms with Gasteiger partial charge in [-0.15, -0.1) is 11.3 Å². The molecule has 0 spiro atoms. The van der Waals surface area contributed by atoms with Gasteiger partial charge in [-0.05, 0) is 57.2 Å². The van der Waals surface area contributed by atoms with Gasteiger partial charge in [-0.25, -0.2) is 9.99 Å². The number of aromatic nitrogens is 5. The van der Waals surface area contributed by atoms with Crippen LogP contribution in [-0.2, 0) is 18.6 Å². The molecule has 0 saturated heterocycles. The number of nitrogens with zero attached hydrogens (tertiary/aromatic N) is 6. The zero-order valence-corrected chi connectivity index (χ0v) is 23.4. The van der Waals surface area contributed by atoms with Crippen molar-refractivity contribution >= 4 is 62.8 Å². The number of thioether (sulfide) groups is 1. The molecular formula is C25H27ClN8O2S2. The molecule has 2 aliphatic rings. The number of aryl methyl sites for hydroxylation is 2. The van der Waals surface area contributed by atoms with E-state index in [2.05, 4.69) is 25.6 Å². The van der Waals surface area contributed by atoms with E-state index in [0.717, 1.165) is 36.1 Å². The maximum Gasteiger partial charge on any atom is 0.282 e. The Balaban J connectivity index is 1.64. The highest BCUT2D eigenvalue weighted by atomic mass is 35.5. The van der Waals surface area contributed by atoms with Crippen LogP contribution in [0.25, 0.3) is 10.2 Å². The zero-order chi connectivity index (χ0) is 26.4. The highest BCUT2D eigenvalue weighted by Crippen LogP contribution is 2.42. The number of hydrogen-bond acceptors (Lipinski definition) is 11. The molecule has 4 heterocycles. The number of thiophene rings is 1. The highest BCUT2D eigenvalue weighted by molar-refractivity contribution is 7.99. The third-order valence-electron chi connectivity index (χ3n) is 6.68. The lowest BCUT2D eigenvalue weighted by Crippen LogP contribution is -2.58. The third-order valence-corrected chi connectivity index (χ3v) is 9.19. The molecule has 0 amide bonds. The first-order valence-corrected chi connectivity index (χ1v) is 14.8. The van der Waals surface area contributed by atoms with Crippen molar-refractivity contribution in [2.24, 2.45) is 0 Å². The average molecular weight is 571 g/mol. The van der Waals surface area contributed by atoms with E-state index in [4.69, 9.17) is 16.6 Å². The van der Waals surface area contributed by atoms with Crippen LogP contribution in [0.1, 0.15) is 42.7 Å². The van der Waals surface area contributed by atoms with Crippen LogP contribution < -0.4 is 21.2 Å². The van der Waals surface area contributed by atoms with Crippen molar-refractivity contribution in [3.05, 3.63) is 55.6 Å². The number of anilines is 3. The summed E-state index contributed by atoms with van der Waals surface area (Å²) >= 11 is 9.11. The lowest BCUT2D eigenvalue weighted by atomic mass is 9.97. The first-order valence-electron chi connectivity index (χ1n) is 12.7. The second kappa shape index (κ2) is 9.99. The summed E-state index contributed by atoms with van der Waals surface area (Å²) in [6.45, 7) is 5.06. The predicted molar refractivity (Wildman–Crippen MR) is 153 cm³/mol. The van der Waals surface area contributed by atoms with Crippen LogP contribution in [0.4, 0.5) is 17.8 Å². The lowest BCUT2D eigenvalue weighted by Gasteiger charge is -2.43. The van der Waals surface area contributed by atoms with E-state index in [1.165, 1.54) is 26.3 Å². The molecule has 1 aromatic carbocycles. The van der Waals surface area contributed by atoms with Crippen molar-refractivity contribution in [2.45, 2.75) is 50.4 Å². The van der Waals surface area contributed by atoms with Crippen LogP contribution in [0.5, 0.6) is 0 Å². The fraction of sp³-hybridized carbons (Fsp3) is 0.400. The van der Waals surface area contributed by atoms with Crippen molar-refractivity contribution in [1.82, 2.24) is 24.6 Å². The monoisotopic (exact) mass is 570 g/mol. The molecule has 10 nitrogen and oxygen atoms in total. The topological polar surface area (TPSA) is 121 Å². The number of rotatable bonds is 6. The number of aliphatic hydroxyl groups is 1. The molecule has 0 bridgehead atoms. The van der Waals surface area contributed by atoms with Gasteiger partial charge in [-0.3, -0.25) is 4.79 Å². The molecule has 1 aliphatic heterocycles. The van der Waals surface area contributed by atoms with E-state index in [-0.39, 0.29) is 17.3 Å². The van der Waals surface area contributed by atoms with Crippen LogP contribution >= 0.6 is 34.7 Å². The number of hydrogen-bond donors (Lipinski definition) is 3. The van der Waals surface area contributed by atoms with Crippen molar-refractivity contribution in [3.63, 3.8) is 0 Å². The molecule has 1 atom stereocenters. The first-order chi connectivity index (χ1) is 18.4. The fourth-order valence-corrected chi connectivity index (χ4v) is 7.45. The third kappa shape index (κ3) is 4.19. The minimum Gasteiger partial charge on any atom is -0.365 e. The van der Waals surface area contributed by atoms with Gasteiger partial charge in [0.15, 0.2) is 10.9 Å². The maximum absolute atomic E-state index is 14.3. The second-order valence-corrected chi connectivity index (χ2v) is 11.6. The number of fused-ring (bicyclic) bond motifs is 4. The predicted octanol–water partition coefficient (Wildman–Crippen LogP) is 4.26. The Labute approximate surface area is 232 Å². The van der Waals surface area contributed by atoms with E-state index in [9.17, 15) is 9.90 Å². The Kier molecular flexibility index (Phi) is 6.67. The van der Waals surface area contributed by atoms with Gasteiger partial charge < -0.3 is 15.7 Å². The normalized spacial score (nSPS) is 18.8. The van der Waals surface area contributed by atoms with Crippen molar-refractivity contribution < 1.29 is 5.11 Å². The van der Waals surface area contributed by atoms with E-state index >= 15 is 0 Å². The Morgan fingerprint density at radius 3 is 2.39 bits per heavy atom. The van der Waals surface area contributed by atoms with Crippen molar-refractivity contribution in [2.75, 3.05) is 34.5 Å². The van der Waals surface area contributed by atoms with Gasteiger partial charge in [0, 0.05) is 28.6 Å². The summed E-state index contributed by atoms with van der Waals surface area (Å²) in [5, 5.41) is 21.7. The molecule has 38 heavy (non-hydrogen) atoms. The van der Waals surface area contributed by atoms with Crippen molar-refractivity contribution in [3.8, 4) is 0 Å². The van der Waals surface area contributed by atoms with Crippen LogP contribution in [0.15, 0.2) is 34.2 Å². The minimum absolute atomic E-state index is 0.123. The van der Waals surface area contributed by atoms with E-state index in [1.54, 1.807) is 35.6 Å². The second-order valence-electron chi connectivity index (χ2n) is 9.17. The molecule has 0 radical (unpaired) electrons. The summed E-state index contributed by atoms with van der Waals surface area (Å²) in [4.78, 5) is 34.9. The highest BCUT2D eigenvalue weighted by Gasteiger charge is 2.46. The van der Waals surface area contributed by atoms with Gasteiger partial charge >= 0.3 is 0 Å². The van der Waals surface area contributed by atoms with Crippen LogP contribution in [-0.4, -0.2) is 48.6 Å². The molecule has 1 aliphatic carbocycles. The molecule has 0 fully saturated rings. The summed E-state index contributed by atoms with van der Waals surface area (Å²) in [7, 11) is 0. The van der Waals surface area contributed by atoms with Crippen LogP contribution in [0, 0.1) is 0 Å². The summed E-state index contributed by atoms with van der Waals surface area (Å²) < 4.78 is 1.44. The van der Waals surface area contributed by atoms with Gasteiger partial charge in [0.25, 0.3) is 11.5 Å². The van der Waals surface area contributed by atoms with E-state index < -0.39 is 5.72 Å². The van der Waals surface area contributed by atoms with Gasteiger partial charge in [0.1, 0.15) is 4.83 Å². The minimum atomic E-state index is -1.67. The Hall–Kier alpha value is -2.93. The molecule has 13 heteroatoms. The molecule has 4 aromatic rings. The Morgan fingerprint density at radius 1 is 1.03 bits per heavy atom. The molecule has 6 rings (SSSR count). The van der Waals surface area contributed by atoms with Crippen LogP contribution in [0.3, 0.4) is 0 Å². The van der Waals surface area contributed by atoms with Gasteiger partial charge in [-0.1, -0.05) is 35.5 Å². The summed E-state index contributed by atoms with van der Waals surface area (Å²) in [5.74, 6) is 0.984. The quantitative estimate of drug-likeness (QED) is 0.290.